The number of likely N-dealkylation sites (tertiary alicyclic amines) is 1. The molecule has 9 nitrogen and oxygen atoms in total. The maximum atomic E-state index is 12.9. The summed E-state index contributed by atoms with van der Waals surface area (Å²) in [6, 6.07) is 7.48. The predicted octanol–water partition coefficient (Wildman–Crippen LogP) is 0.845. The molecule has 132 valence electrons. The fourth-order valence-corrected chi connectivity index (χ4v) is 3.66. The van der Waals surface area contributed by atoms with Crippen molar-refractivity contribution in [3.05, 3.63) is 54.4 Å². The summed E-state index contributed by atoms with van der Waals surface area (Å²) in [7, 11) is 0. The van der Waals surface area contributed by atoms with Crippen LogP contribution in [0.25, 0.3) is 5.69 Å². The smallest absolute Gasteiger partial charge is 0.253 e. The minimum atomic E-state index is 0.0194. The number of aromatic nitrogens is 6. The molecular formula is C17H17N7O2. The highest BCUT2D eigenvalue weighted by molar-refractivity contribution is 5.94. The molecule has 4 heterocycles. The molecule has 0 N–H and O–H groups in total. The van der Waals surface area contributed by atoms with Gasteiger partial charge >= 0.3 is 0 Å². The van der Waals surface area contributed by atoms with Crippen LogP contribution in [0.4, 0.5) is 0 Å². The molecule has 0 aliphatic carbocycles. The van der Waals surface area contributed by atoms with Crippen molar-refractivity contribution < 1.29 is 9.53 Å². The molecule has 1 amide bonds. The molecule has 5 rings (SSSR count). The zero-order valence-electron chi connectivity index (χ0n) is 14.0. The van der Waals surface area contributed by atoms with Gasteiger partial charge in [-0.3, -0.25) is 9.36 Å². The van der Waals surface area contributed by atoms with Crippen molar-refractivity contribution in [1.82, 2.24) is 34.7 Å². The third-order valence-electron chi connectivity index (χ3n) is 5.05. The molecule has 2 aliphatic heterocycles. The summed E-state index contributed by atoms with van der Waals surface area (Å²) < 4.78 is 9.61. The Morgan fingerprint density at radius 1 is 1.12 bits per heavy atom. The van der Waals surface area contributed by atoms with Gasteiger partial charge in [-0.1, -0.05) is 5.21 Å². The van der Waals surface area contributed by atoms with E-state index in [2.05, 4.69) is 20.5 Å². The molecule has 1 saturated heterocycles. The summed E-state index contributed by atoms with van der Waals surface area (Å²) in [5, 5.41) is 15.7. The van der Waals surface area contributed by atoms with Gasteiger partial charge in [0.1, 0.15) is 12.7 Å². The molecule has 9 heteroatoms. The average molecular weight is 351 g/mol. The molecule has 2 aliphatic rings. The van der Waals surface area contributed by atoms with E-state index in [1.165, 1.54) is 0 Å². The van der Waals surface area contributed by atoms with Gasteiger partial charge in [-0.05, 0) is 30.7 Å². The first-order chi connectivity index (χ1) is 12.8. The maximum Gasteiger partial charge on any atom is 0.253 e. The third kappa shape index (κ3) is 2.48. The minimum absolute atomic E-state index is 0.0194. The first-order valence-electron chi connectivity index (χ1n) is 8.54. The van der Waals surface area contributed by atoms with E-state index in [1.54, 1.807) is 23.4 Å². The van der Waals surface area contributed by atoms with E-state index < -0.39 is 0 Å². The van der Waals surface area contributed by atoms with Gasteiger partial charge in [0.05, 0.1) is 30.6 Å². The number of rotatable bonds is 2. The van der Waals surface area contributed by atoms with Crippen molar-refractivity contribution in [3.63, 3.8) is 0 Å². The second-order valence-electron chi connectivity index (χ2n) is 6.54. The van der Waals surface area contributed by atoms with Crippen molar-refractivity contribution in [2.75, 3.05) is 13.1 Å². The molecule has 2 atom stereocenters. The summed E-state index contributed by atoms with van der Waals surface area (Å²) in [6.45, 7) is 1.79. The van der Waals surface area contributed by atoms with E-state index >= 15 is 0 Å². The van der Waals surface area contributed by atoms with Crippen LogP contribution < -0.4 is 0 Å². The standard InChI is InChI=1S/C17H17N7O2/c25-17(12-1-3-13(4-2-12)23-10-19-20-11-23)22-6-5-16-15(8-22)24-14(9-26-16)7-18-21-24/h1-4,7,10-11,15-16H,5-6,8-9H2/t15-,16+/m1/s1. The van der Waals surface area contributed by atoms with Crippen LogP contribution >= 0.6 is 0 Å². The topological polar surface area (TPSA) is 91.0 Å². The highest BCUT2D eigenvalue weighted by atomic mass is 16.5. The number of piperidine rings is 1. The van der Waals surface area contributed by atoms with Gasteiger partial charge in [0.15, 0.2) is 0 Å². The largest absolute Gasteiger partial charge is 0.370 e. The quantitative estimate of drug-likeness (QED) is 0.680. The molecule has 0 spiro atoms. The van der Waals surface area contributed by atoms with Gasteiger partial charge in [0.2, 0.25) is 0 Å². The van der Waals surface area contributed by atoms with Crippen molar-refractivity contribution >= 4 is 5.91 Å². The normalized spacial score (nSPS) is 21.9. The lowest BCUT2D eigenvalue weighted by molar-refractivity contribution is -0.0605. The number of fused-ring (bicyclic) bond motifs is 3. The van der Waals surface area contributed by atoms with Crippen LogP contribution in [0.3, 0.4) is 0 Å². The summed E-state index contributed by atoms with van der Waals surface area (Å²) in [5.41, 5.74) is 2.54. The SMILES string of the molecule is O=C(c1ccc(-n2cnnc2)cc1)N1CC[C@@H]2OCc3cnnn3[C@@H]2C1. The lowest BCUT2D eigenvalue weighted by Gasteiger charge is -2.41. The monoisotopic (exact) mass is 351 g/mol. The van der Waals surface area contributed by atoms with Gasteiger partial charge in [-0.15, -0.1) is 15.3 Å². The van der Waals surface area contributed by atoms with Crippen molar-refractivity contribution in [2.45, 2.75) is 25.2 Å². The Labute approximate surface area is 149 Å². The van der Waals surface area contributed by atoms with Crippen LogP contribution in [-0.4, -0.2) is 59.8 Å². The number of hydrogen-bond donors (Lipinski definition) is 0. The average Bonchev–Trinajstić information content (AvgIpc) is 3.39. The molecule has 3 aromatic rings. The van der Waals surface area contributed by atoms with Crippen LogP contribution in [0.15, 0.2) is 43.1 Å². The number of carbonyl (C=O) groups is 1. The van der Waals surface area contributed by atoms with Crippen molar-refractivity contribution in [1.29, 1.82) is 0 Å². The lowest BCUT2D eigenvalue weighted by Crippen LogP contribution is -2.49. The first-order valence-corrected chi connectivity index (χ1v) is 8.54. The molecule has 0 saturated carbocycles. The molecule has 26 heavy (non-hydrogen) atoms. The molecule has 0 bridgehead atoms. The molecule has 0 radical (unpaired) electrons. The Kier molecular flexibility index (Phi) is 3.52. The van der Waals surface area contributed by atoms with Gasteiger partial charge in [-0.25, -0.2) is 4.68 Å². The molecule has 2 aromatic heterocycles. The van der Waals surface area contributed by atoms with Crippen LogP contribution in [0.2, 0.25) is 0 Å². The van der Waals surface area contributed by atoms with Crippen LogP contribution in [0.5, 0.6) is 0 Å². The summed E-state index contributed by atoms with van der Waals surface area (Å²) in [6.07, 6.45) is 5.86. The zero-order chi connectivity index (χ0) is 17.5. The van der Waals surface area contributed by atoms with E-state index in [0.717, 1.165) is 17.8 Å². The van der Waals surface area contributed by atoms with Crippen LogP contribution in [0.1, 0.15) is 28.5 Å². The maximum absolute atomic E-state index is 12.9. The number of hydrogen-bond acceptors (Lipinski definition) is 6. The van der Waals surface area contributed by atoms with Gasteiger partial charge in [-0.2, -0.15) is 0 Å². The van der Waals surface area contributed by atoms with E-state index in [1.807, 2.05) is 33.8 Å². The summed E-state index contributed by atoms with van der Waals surface area (Å²) in [5.74, 6) is 0.0194. The van der Waals surface area contributed by atoms with Gasteiger partial charge in [0, 0.05) is 24.3 Å². The number of ether oxygens (including phenoxy) is 1. The number of carbonyl (C=O) groups excluding carboxylic acids is 1. The Bertz CT molecular complexity index is 919. The van der Waals surface area contributed by atoms with Crippen LogP contribution in [-0.2, 0) is 11.3 Å². The highest BCUT2D eigenvalue weighted by Gasteiger charge is 2.38. The molecule has 1 fully saturated rings. The Morgan fingerprint density at radius 2 is 1.92 bits per heavy atom. The Hall–Kier alpha value is -3.07. The highest BCUT2D eigenvalue weighted by Crippen LogP contribution is 2.30. The van der Waals surface area contributed by atoms with Gasteiger partial charge in [0.25, 0.3) is 5.91 Å². The third-order valence-corrected chi connectivity index (χ3v) is 5.05. The zero-order valence-corrected chi connectivity index (χ0v) is 14.0. The lowest BCUT2D eigenvalue weighted by atomic mass is 9.99. The van der Waals surface area contributed by atoms with E-state index in [0.29, 0.717) is 25.3 Å². The molecular weight excluding hydrogens is 334 g/mol. The number of amides is 1. The fourth-order valence-electron chi connectivity index (χ4n) is 3.66. The fraction of sp³-hybridized carbons (Fsp3) is 0.353. The van der Waals surface area contributed by atoms with E-state index in [-0.39, 0.29) is 18.1 Å². The molecule has 0 unspecified atom stereocenters. The Morgan fingerprint density at radius 3 is 2.73 bits per heavy atom. The van der Waals surface area contributed by atoms with Crippen molar-refractivity contribution in [2.24, 2.45) is 0 Å². The summed E-state index contributed by atoms with van der Waals surface area (Å²) >= 11 is 0. The second kappa shape index (κ2) is 6.03. The van der Waals surface area contributed by atoms with Crippen LogP contribution in [0, 0.1) is 0 Å². The summed E-state index contributed by atoms with van der Waals surface area (Å²) in [4.78, 5) is 14.8. The van der Waals surface area contributed by atoms with Gasteiger partial charge < -0.3 is 9.64 Å². The van der Waals surface area contributed by atoms with E-state index in [9.17, 15) is 4.79 Å². The number of nitrogens with zero attached hydrogens (tertiary/aromatic N) is 7. The predicted molar refractivity (Wildman–Crippen MR) is 89.5 cm³/mol. The first kappa shape index (κ1) is 15.2. The Balaban J connectivity index is 1.35. The van der Waals surface area contributed by atoms with E-state index in [4.69, 9.17) is 4.74 Å². The minimum Gasteiger partial charge on any atom is -0.370 e. The number of benzene rings is 1. The molecule has 1 aromatic carbocycles. The van der Waals surface area contributed by atoms with Crippen molar-refractivity contribution in [3.8, 4) is 5.69 Å². The second-order valence-corrected chi connectivity index (χ2v) is 6.54.